The molecule has 5 heteroatoms. The molecular weight excluding hydrogens is 352 g/mol. The van der Waals surface area contributed by atoms with Crippen LogP contribution in [0.2, 0.25) is 0 Å². The van der Waals surface area contributed by atoms with Gasteiger partial charge in [0.15, 0.2) is 0 Å². The molecule has 2 heterocycles. The Morgan fingerprint density at radius 3 is 2.36 bits per heavy atom. The predicted molar refractivity (Wildman–Crippen MR) is 110 cm³/mol. The highest BCUT2D eigenvalue weighted by molar-refractivity contribution is 6.16. The number of benzene rings is 1. The Kier molecular flexibility index (Phi) is 5.02. The van der Waals surface area contributed by atoms with Gasteiger partial charge in [0.05, 0.1) is 18.3 Å². The summed E-state index contributed by atoms with van der Waals surface area (Å²) in [5.41, 5.74) is 7.80. The molecule has 1 aliphatic heterocycles. The van der Waals surface area contributed by atoms with Gasteiger partial charge in [-0.25, -0.2) is 4.79 Å². The minimum Gasteiger partial charge on any atom is -0.465 e. The highest BCUT2D eigenvalue weighted by Crippen LogP contribution is 2.32. The molecule has 3 rings (SSSR count). The predicted octanol–water partition coefficient (Wildman–Crippen LogP) is 4.01. The van der Waals surface area contributed by atoms with Crippen molar-refractivity contribution in [3.05, 3.63) is 69.2 Å². The normalized spacial score (nSPS) is 15.8. The number of rotatable bonds is 3. The SMILES string of the molecule is COC(=O)C1=C(C)N(C)C(=O)/C1=C\c1cc(C)n(-c2ccc(C)cc2C)c1C. The van der Waals surface area contributed by atoms with Gasteiger partial charge in [0, 0.05) is 29.8 Å². The number of carbonyl (C=O) groups excluding carboxylic acids is 2. The maximum absolute atomic E-state index is 12.7. The van der Waals surface area contributed by atoms with Crippen molar-refractivity contribution in [2.75, 3.05) is 14.2 Å². The average Bonchev–Trinajstić information content (AvgIpc) is 3.03. The van der Waals surface area contributed by atoms with Gasteiger partial charge in [-0.15, -0.1) is 0 Å². The Bertz CT molecular complexity index is 1050. The smallest absolute Gasteiger partial charge is 0.340 e. The van der Waals surface area contributed by atoms with Crippen LogP contribution >= 0.6 is 0 Å². The molecule has 0 saturated carbocycles. The monoisotopic (exact) mass is 378 g/mol. The van der Waals surface area contributed by atoms with Crippen molar-refractivity contribution >= 4 is 18.0 Å². The van der Waals surface area contributed by atoms with Crippen LogP contribution in [0, 0.1) is 27.7 Å². The summed E-state index contributed by atoms with van der Waals surface area (Å²) in [5, 5.41) is 0. The van der Waals surface area contributed by atoms with Gasteiger partial charge in [0.2, 0.25) is 0 Å². The van der Waals surface area contributed by atoms with E-state index in [9.17, 15) is 9.59 Å². The van der Waals surface area contributed by atoms with Gasteiger partial charge >= 0.3 is 5.97 Å². The summed E-state index contributed by atoms with van der Waals surface area (Å²) < 4.78 is 7.08. The zero-order valence-electron chi connectivity index (χ0n) is 17.5. The van der Waals surface area contributed by atoms with E-state index in [-0.39, 0.29) is 5.91 Å². The summed E-state index contributed by atoms with van der Waals surface area (Å²) >= 11 is 0. The van der Waals surface area contributed by atoms with Gasteiger partial charge < -0.3 is 14.2 Å². The maximum Gasteiger partial charge on any atom is 0.340 e. The molecule has 1 aliphatic rings. The zero-order valence-corrected chi connectivity index (χ0v) is 17.5. The second-order valence-electron chi connectivity index (χ2n) is 7.33. The quantitative estimate of drug-likeness (QED) is 0.599. The van der Waals surface area contributed by atoms with Crippen LogP contribution in [0.5, 0.6) is 0 Å². The van der Waals surface area contributed by atoms with Gasteiger partial charge in [-0.1, -0.05) is 17.7 Å². The van der Waals surface area contributed by atoms with Gasteiger partial charge in [-0.3, -0.25) is 4.79 Å². The first-order valence-corrected chi connectivity index (χ1v) is 9.23. The average molecular weight is 378 g/mol. The molecule has 2 aromatic rings. The topological polar surface area (TPSA) is 51.5 Å². The molecule has 1 aromatic heterocycles. The van der Waals surface area contributed by atoms with Crippen LogP contribution < -0.4 is 0 Å². The van der Waals surface area contributed by atoms with E-state index < -0.39 is 5.97 Å². The van der Waals surface area contributed by atoms with E-state index in [1.54, 1.807) is 20.0 Å². The first-order valence-electron chi connectivity index (χ1n) is 9.23. The lowest BCUT2D eigenvalue weighted by atomic mass is 10.0. The maximum atomic E-state index is 12.7. The lowest BCUT2D eigenvalue weighted by molar-refractivity contribution is -0.136. The van der Waals surface area contributed by atoms with Gasteiger partial charge in [-0.2, -0.15) is 0 Å². The van der Waals surface area contributed by atoms with E-state index in [1.807, 2.05) is 19.9 Å². The number of hydrogen-bond acceptors (Lipinski definition) is 3. The van der Waals surface area contributed by atoms with Gasteiger partial charge in [-0.05, 0) is 64.0 Å². The van der Waals surface area contributed by atoms with Crippen LogP contribution in [0.3, 0.4) is 0 Å². The molecule has 0 N–H and O–H groups in total. The van der Waals surface area contributed by atoms with Crippen LogP contribution in [0.4, 0.5) is 0 Å². The van der Waals surface area contributed by atoms with Crippen LogP contribution in [-0.4, -0.2) is 35.5 Å². The summed E-state index contributed by atoms with van der Waals surface area (Å²) in [6, 6.07) is 8.40. The Morgan fingerprint density at radius 1 is 1.07 bits per heavy atom. The lowest BCUT2D eigenvalue weighted by Gasteiger charge is -2.13. The zero-order chi connectivity index (χ0) is 20.7. The third kappa shape index (κ3) is 3.07. The highest BCUT2D eigenvalue weighted by atomic mass is 16.5. The van der Waals surface area contributed by atoms with E-state index in [0.717, 1.165) is 22.6 Å². The van der Waals surface area contributed by atoms with Crippen LogP contribution in [0.15, 0.2) is 41.1 Å². The molecule has 0 unspecified atom stereocenters. The largest absolute Gasteiger partial charge is 0.465 e. The fraction of sp³-hybridized carbons (Fsp3) is 0.304. The molecule has 5 nitrogen and oxygen atoms in total. The van der Waals surface area contributed by atoms with Crippen LogP contribution in [-0.2, 0) is 14.3 Å². The minimum absolute atomic E-state index is 0.200. The van der Waals surface area contributed by atoms with E-state index in [0.29, 0.717) is 16.8 Å². The molecule has 0 spiro atoms. The first kappa shape index (κ1) is 19.7. The minimum atomic E-state index is -0.496. The first-order chi connectivity index (χ1) is 13.2. The number of allylic oxidation sites excluding steroid dienone is 1. The van der Waals surface area contributed by atoms with E-state index in [4.69, 9.17) is 4.74 Å². The van der Waals surface area contributed by atoms with Crippen LogP contribution in [0.25, 0.3) is 11.8 Å². The van der Waals surface area contributed by atoms with Crippen molar-refractivity contribution in [3.8, 4) is 5.69 Å². The molecular formula is C23H26N2O3. The standard InChI is InChI=1S/C23H26N2O3/c1-13-8-9-20(14(2)10-13)25-15(3)11-18(16(25)4)12-19-21(23(27)28-7)17(5)24(6)22(19)26/h8-12H,1-7H3/b19-12-. The van der Waals surface area contributed by atoms with Crippen molar-refractivity contribution < 1.29 is 14.3 Å². The number of esters is 1. The van der Waals surface area contributed by atoms with Crippen molar-refractivity contribution in [2.24, 2.45) is 0 Å². The molecule has 146 valence electrons. The van der Waals surface area contributed by atoms with Crippen molar-refractivity contribution in [2.45, 2.75) is 34.6 Å². The number of methoxy groups -OCH3 is 1. The molecule has 0 fully saturated rings. The summed E-state index contributed by atoms with van der Waals surface area (Å²) in [7, 11) is 3.00. The van der Waals surface area contributed by atoms with Gasteiger partial charge in [0.25, 0.3) is 5.91 Å². The number of hydrogen-bond donors (Lipinski definition) is 0. The number of likely N-dealkylation sites (N-methyl/N-ethyl adjacent to an activating group) is 1. The highest BCUT2D eigenvalue weighted by Gasteiger charge is 2.35. The number of carbonyl (C=O) groups is 2. The molecule has 0 atom stereocenters. The number of aryl methyl sites for hydroxylation is 3. The second kappa shape index (κ2) is 7.15. The molecule has 0 radical (unpaired) electrons. The van der Waals surface area contributed by atoms with Crippen molar-refractivity contribution in [3.63, 3.8) is 0 Å². The Hall–Kier alpha value is -3.08. The Labute approximate surface area is 165 Å². The summed E-state index contributed by atoms with van der Waals surface area (Å²) in [6.45, 7) is 9.99. The fourth-order valence-electron chi connectivity index (χ4n) is 3.81. The lowest BCUT2D eigenvalue weighted by Crippen LogP contribution is -2.19. The molecule has 1 amide bonds. The van der Waals surface area contributed by atoms with E-state index in [1.165, 1.54) is 23.1 Å². The third-order valence-corrected chi connectivity index (χ3v) is 5.42. The Balaban J connectivity index is 2.16. The van der Waals surface area contributed by atoms with E-state index in [2.05, 4.69) is 36.6 Å². The van der Waals surface area contributed by atoms with Crippen LogP contribution in [0.1, 0.15) is 35.0 Å². The summed E-state index contributed by atoms with van der Waals surface area (Å²) in [4.78, 5) is 26.5. The fourth-order valence-corrected chi connectivity index (χ4v) is 3.81. The molecule has 1 aromatic carbocycles. The molecule has 0 saturated heterocycles. The van der Waals surface area contributed by atoms with Gasteiger partial charge in [0.1, 0.15) is 0 Å². The summed E-state index contributed by atoms with van der Waals surface area (Å²) in [6.07, 6.45) is 1.80. The molecule has 0 aliphatic carbocycles. The molecule has 0 bridgehead atoms. The number of amides is 1. The number of aromatic nitrogens is 1. The van der Waals surface area contributed by atoms with Crippen molar-refractivity contribution in [1.29, 1.82) is 0 Å². The van der Waals surface area contributed by atoms with E-state index >= 15 is 0 Å². The second-order valence-corrected chi connectivity index (χ2v) is 7.33. The number of ether oxygens (including phenoxy) is 1. The third-order valence-electron chi connectivity index (χ3n) is 5.42. The van der Waals surface area contributed by atoms with Crippen molar-refractivity contribution in [1.82, 2.24) is 9.47 Å². The number of nitrogens with zero attached hydrogens (tertiary/aromatic N) is 2. The summed E-state index contributed by atoms with van der Waals surface area (Å²) in [5.74, 6) is -0.696. The Morgan fingerprint density at radius 2 is 1.75 bits per heavy atom. The molecule has 28 heavy (non-hydrogen) atoms.